The number of carboxylic acid groups (broad SMARTS) is 5. The van der Waals surface area contributed by atoms with Crippen LogP contribution >= 0.6 is 75.8 Å². The van der Waals surface area contributed by atoms with Crippen LogP contribution in [0, 0.1) is 21.7 Å². The number of aliphatic hydroxyl groups is 5. The van der Waals surface area contributed by atoms with Crippen molar-refractivity contribution in [1.29, 1.82) is 0 Å². The molecule has 0 bridgehead atoms. The van der Waals surface area contributed by atoms with Crippen LogP contribution in [0.3, 0.4) is 0 Å². The van der Waals surface area contributed by atoms with Crippen LogP contribution in [0.25, 0.3) is 0 Å². The summed E-state index contributed by atoms with van der Waals surface area (Å²) in [6.07, 6.45) is -1.12. The van der Waals surface area contributed by atoms with Crippen molar-refractivity contribution < 1.29 is 84.6 Å². The van der Waals surface area contributed by atoms with Crippen molar-refractivity contribution in [3.05, 3.63) is 0 Å². The fraction of sp³-hybridized carbons (Fsp3) is 0.739. The molecular weight excluding hydrogens is 741 g/mol. The van der Waals surface area contributed by atoms with E-state index in [0.29, 0.717) is 0 Å². The summed E-state index contributed by atoms with van der Waals surface area (Å²) in [6.45, 7) is -7.81. The van der Waals surface area contributed by atoms with Gasteiger partial charge in [0.2, 0.25) is 0 Å². The maximum Gasteiger partial charge on any atom is 0.319 e. The number of hydrogen-bond acceptors (Lipinski definition) is 18. The summed E-state index contributed by atoms with van der Waals surface area (Å²) in [4.78, 5) is 73.9. The first-order valence-corrected chi connectivity index (χ1v) is 15.6. The third-order valence-electron chi connectivity index (χ3n) is 7.98. The van der Waals surface area contributed by atoms with Gasteiger partial charge < -0.3 is 55.8 Å². The van der Waals surface area contributed by atoms with Crippen molar-refractivity contribution in [3.8, 4) is 0 Å². The van der Waals surface area contributed by atoms with Gasteiger partial charge in [0.15, 0.2) is 0 Å². The first-order valence-electron chi connectivity index (χ1n) is 12.5. The van der Waals surface area contributed by atoms with Crippen LogP contribution in [-0.2, 0) is 33.5 Å². The fourth-order valence-corrected chi connectivity index (χ4v) is 8.83. The van der Waals surface area contributed by atoms with Crippen molar-refractivity contribution in [1.82, 2.24) is 0 Å². The highest BCUT2D eigenvalue weighted by molar-refractivity contribution is 7.84. The van der Waals surface area contributed by atoms with Gasteiger partial charge in [0.1, 0.15) is 38.1 Å². The number of aliphatic carboxylic acids is 5. The number of hydrogen-bond donors (Lipinski definition) is 16. The molecule has 0 aliphatic carbocycles. The minimum Gasteiger partial charge on any atom is -0.480 e. The van der Waals surface area contributed by atoms with Gasteiger partial charge in [0, 0.05) is 10.8 Å². The number of carbonyl (C=O) groups excluding carboxylic acids is 1. The standard InChI is InChI=1S/C23H36O17S6/c24-2-20(3-25,1-22(8(41)14(29)30,9(42)15(31)32)10(43)16(33)34)7-40-19(39)13(46)23(11(44)17(35)36,12(45)18(37)38)21(4-26,5-27)6-28/h8-13,24-28,41-46H,1-7H2,(H,29,30)(H,31,32)(H,33,34)(H,35,36)(H,37,38). The average Bonchev–Trinajstić information content (AvgIpc) is 3.01. The molecule has 0 rings (SSSR count). The van der Waals surface area contributed by atoms with E-state index in [1.165, 1.54) is 0 Å². The summed E-state index contributed by atoms with van der Waals surface area (Å²) in [7, 11) is 0. The lowest BCUT2D eigenvalue weighted by molar-refractivity contribution is -0.169. The summed E-state index contributed by atoms with van der Waals surface area (Å²) in [5.74, 6) is -11.1. The Labute approximate surface area is 294 Å². The molecule has 6 unspecified atom stereocenters. The maximum atomic E-state index is 13.5. The molecule has 23 heteroatoms. The maximum absolute atomic E-state index is 13.5. The van der Waals surface area contributed by atoms with Gasteiger partial charge in [-0.25, -0.2) is 0 Å². The van der Waals surface area contributed by atoms with Gasteiger partial charge in [-0.1, -0.05) is 0 Å². The number of aliphatic hydroxyl groups excluding tert-OH is 5. The smallest absolute Gasteiger partial charge is 0.319 e. The van der Waals surface area contributed by atoms with Crippen LogP contribution in [0.2, 0.25) is 0 Å². The van der Waals surface area contributed by atoms with E-state index in [9.17, 15) is 79.8 Å². The van der Waals surface area contributed by atoms with Crippen LogP contribution in [0.15, 0.2) is 0 Å². The number of rotatable bonds is 22. The molecule has 266 valence electrons. The van der Waals surface area contributed by atoms with Crippen LogP contribution in [-0.4, -0.2) is 158 Å². The van der Waals surface area contributed by atoms with E-state index in [4.69, 9.17) is 4.74 Å². The van der Waals surface area contributed by atoms with Crippen molar-refractivity contribution in [3.63, 3.8) is 0 Å². The zero-order chi connectivity index (χ0) is 36.6. The van der Waals surface area contributed by atoms with Crippen LogP contribution in [0.4, 0.5) is 0 Å². The normalized spacial score (nSPS) is 18.8. The van der Waals surface area contributed by atoms with Crippen molar-refractivity contribution in [2.75, 3.05) is 39.6 Å². The summed E-state index contributed by atoms with van der Waals surface area (Å²) < 4.78 is 5.16. The Morgan fingerprint density at radius 2 is 0.804 bits per heavy atom. The first-order chi connectivity index (χ1) is 21.1. The summed E-state index contributed by atoms with van der Waals surface area (Å²) in [5.41, 5.74) is -10.5. The largest absolute Gasteiger partial charge is 0.480 e. The molecule has 0 aliphatic heterocycles. The predicted molar refractivity (Wildman–Crippen MR) is 176 cm³/mol. The SMILES string of the molecule is O=C(O)C(S)C(CC(CO)(CO)COC(=O)C(S)C(C(S)C(=O)O)(C(S)C(=O)O)C(CO)(CO)CO)(C(S)C(=O)O)C(S)C(=O)O. The van der Waals surface area contributed by atoms with Crippen molar-refractivity contribution in [2.24, 2.45) is 21.7 Å². The van der Waals surface area contributed by atoms with Gasteiger partial charge in [-0.05, 0) is 6.42 Å². The molecule has 0 heterocycles. The van der Waals surface area contributed by atoms with E-state index in [2.05, 4.69) is 75.8 Å². The second-order valence-electron chi connectivity index (χ2n) is 10.5. The second-order valence-corrected chi connectivity index (χ2v) is 13.6. The van der Waals surface area contributed by atoms with Gasteiger partial charge in [0.25, 0.3) is 0 Å². The number of thiol groups is 6. The van der Waals surface area contributed by atoms with E-state index >= 15 is 0 Å². The van der Waals surface area contributed by atoms with Gasteiger partial charge in [0.05, 0.1) is 43.9 Å². The Morgan fingerprint density at radius 1 is 0.500 bits per heavy atom. The highest BCUT2D eigenvalue weighted by Gasteiger charge is 2.67. The first kappa shape index (κ1) is 44.7. The second kappa shape index (κ2) is 17.9. The van der Waals surface area contributed by atoms with Gasteiger partial charge >= 0.3 is 35.8 Å². The lowest BCUT2D eigenvalue weighted by Gasteiger charge is -2.53. The van der Waals surface area contributed by atoms with Crippen LogP contribution < -0.4 is 0 Å². The van der Waals surface area contributed by atoms with E-state index in [-0.39, 0.29) is 0 Å². The summed E-state index contributed by atoms with van der Waals surface area (Å²) in [6, 6.07) is 0. The molecule has 6 atom stereocenters. The van der Waals surface area contributed by atoms with Crippen molar-refractivity contribution >= 4 is 112 Å². The average molecular weight is 777 g/mol. The third kappa shape index (κ3) is 8.29. The highest BCUT2D eigenvalue weighted by Crippen LogP contribution is 2.54. The lowest BCUT2D eigenvalue weighted by atomic mass is 9.57. The number of carbonyl (C=O) groups is 6. The van der Waals surface area contributed by atoms with Crippen LogP contribution in [0.1, 0.15) is 6.42 Å². The minimum absolute atomic E-state index is 1.12. The molecule has 0 saturated heterocycles. The molecule has 10 N–H and O–H groups in total. The molecule has 0 aromatic rings. The summed E-state index contributed by atoms with van der Waals surface area (Å²) >= 11 is 23.5. The molecule has 0 radical (unpaired) electrons. The number of ether oxygens (including phenoxy) is 1. The van der Waals surface area contributed by atoms with E-state index in [1.807, 2.05) is 0 Å². The Hall–Kier alpha value is -1.28. The lowest BCUT2D eigenvalue weighted by Crippen LogP contribution is -2.68. The van der Waals surface area contributed by atoms with E-state index in [1.54, 1.807) is 0 Å². The molecular formula is C23H36O17S6. The zero-order valence-corrected chi connectivity index (χ0v) is 28.8. The molecule has 0 aliphatic rings. The number of esters is 1. The van der Waals surface area contributed by atoms with Crippen LogP contribution in [0.5, 0.6) is 0 Å². The van der Waals surface area contributed by atoms with Gasteiger partial charge in [-0.3, -0.25) is 28.8 Å². The summed E-state index contributed by atoms with van der Waals surface area (Å²) in [5, 5.41) is 86.3. The van der Waals surface area contributed by atoms with E-state index in [0.717, 1.165) is 0 Å². The molecule has 0 aromatic carbocycles. The minimum atomic E-state index is -2.90. The Kier molecular flexibility index (Phi) is 17.4. The Bertz CT molecular complexity index is 1050. The molecule has 17 nitrogen and oxygen atoms in total. The quantitative estimate of drug-likeness (QED) is 0.0386. The topological polar surface area (TPSA) is 314 Å². The van der Waals surface area contributed by atoms with Gasteiger partial charge in [-0.2, -0.15) is 75.8 Å². The number of carboxylic acids is 5. The monoisotopic (exact) mass is 776 g/mol. The molecule has 0 spiro atoms. The molecule has 0 aromatic heterocycles. The third-order valence-corrected chi connectivity index (χ3v) is 12.0. The Balaban J connectivity index is 7.36. The Morgan fingerprint density at radius 3 is 1.04 bits per heavy atom. The van der Waals surface area contributed by atoms with Gasteiger partial charge in [-0.15, -0.1) is 0 Å². The highest BCUT2D eigenvalue weighted by atomic mass is 32.1. The van der Waals surface area contributed by atoms with E-state index < -0.39 is 135 Å². The molecule has 46 heavy (non-hydrogen) atoms. The van der Waals surface area contributed by atoms with Crippen molar-refractivity contribution in [2.45, 2.75) is 37.9 Å². The zero-order valence-electron chi connectivity index (χ0n) is 23.4. The predicted octanol–water partition coefficient (Wildman–Crippen LogP) is -2.96. The molecule has 0 amide bonds. The molecule has 0 saturated carbocycles. The fourth-order valence-electron chi connectivity index (χ4n) is 5.17. The molecule has 0 fully saturated rings.